The van der Waals surface area contributed by atoms with Gasteiger partial charge in [-0.25, -0.2) is 0 Å². The summed E-state index contributed by atoms with van der Waals surface area (Å²) in [4.78, 5) is 25.4. The summed E-state index contributed by atoms with van der Waals surface area (Å²) >= 11 is 0. The van der Waals surface area contributed by atoms with E-state index in [1.165, 1.54) is 0 Å². The average Bonchev–Trinajstić information content (AvgIpc) is 4.10. The van der Waals surface area contributed by atoms with Gasteiger partial charge >= 0.3 is 0 Å². The lowest BCUT2D eigenvalue weighted by atomic mass is 9.55. The molecule has 3 heterocycles. The van der Waals surface area contributed by atoms with Gasteiger partial charge in [-0.1, -0.05) is 37.1 Å². The number of hydrogen-bond acceptors (Lipinski definition) is 11. The number of nitrogens with zero attached hydrogens (tertiary/aromatic N) is 4. The van der Waals surface area contributed by atoms with E-state index >= 15 is 0 Å². The number of ether oxygens (including phenoxy) is 4. The van der Waals surface area contributed by atoms with Crippen molar-refractivity contribution in [1.29, 1.82) is 5.26 Å². The zero-order valence-corrected chi connectivity index (χ0v) is 34.6. The van der Waals surface area contributed by atoms with Crippen molar-refractivity contribution in [2.75, 3.05) is 59.2 Å². The Kier molecular flexibility index (Phi) is 14.8. The highest BCUT2D eigenvalue weighted by Gasteiger charge is 2.65. The van der Waals surface area contributed by atoms with E-state index in [1.807, 2.05) is 17.0 Å². The lowest BCUT2D eigenvalue weighted by Crippen LogP contribution is -2.70. The highest BCUT2D eigenvalue weighted by Crippen LogP contribution is 2.62. The summed E-state index contributed by atoms with van der Waals surface area (Å²) in [6.07, 6.45) is 12.1. The van der Waals surface area contributed by atoms with Gasteiger partial charge in [0.05, 0.1) is 36.5 Å². The normalized spacial score (nSPS) is 27.7. The molecule has 1 saturated carbocycles. The Morgan fingerprint density at radius 3 is 2.59 bits per heavy atom. The maximum atomic E-state index is 14.9. The number of benzene rings is 2. The fraction of sp³-hybridized carbons (Fsp3) is 0.596. The quantitative estimate of drug-likeness (QED) is 0.0587. The number of carbonyl (C=O) groups is 1. The zero-order chi connectivity index (χ0) is 41.2. The summed E-state index contributed by atoms with van der Waals surface area (Å²) in [6, 6.07) is 14.4. The van der Waals surface area contributed by atoms with Crippen LogP contribution in [0.4, 0.5) is 0 Å². The Balaban J connectivity index is 1.42. The molecule has 7 rings (SSSR count). The Morgan fingerprint density at radius 2 is 1.90 bits per heavy atom. The number of nitriles is 1. The highest BCUT2D eigenvalue weighted by atomic mass is 16.8. The summed E-state index contributed by atoms with van der Waals surface area (Å²) in [5.74, 6) is -0.428. The van der Waals surface area contributed by atoms with Crippen LogP contribution < -0.4 is 9.47 Å². The van der Waals surface area contributed by atoms with Crippen molar-refractivity contribution in [3.05, 3.63) is 83.5 Å². The molecule has 1 amide bonds. The minimum atomic E-state index is -1.36. The minimum Gasteiger partial charge on any atom is -0.492 e. The van der Waals surface area contributed by atoms with Crippen LogP contribution in [0.15, 0.2) is 71.9 Å². The molecular formula is C47H62N4O8. The number of allylic oxidation sites excluding steroid dienone is 1. The van der Waals surface area contributed by atoms with Gasteiger partial charge in [0.15, 0.2) is 0 Å². The molecule has 0 bridgehead atoms. The molecule has 0 spiro atoms. The summed E-state index contributed by atoms with van der Waals surface area (Å²) in [5.41, 5.74) is 3.70. The molecule has 2 aromatic rings. The molecule has 318 valence electrons. The van der Waals surface area contributed by atoms with E-state index in [2.05, 4.69) is 36.6 Å². The second kappa shape index (κ2) is 20.3. The topological polar surface area (TPSA) is 146 Å². The van der Waals surface area contributed by atoms with Crippen LogP contribution in [0.5, 0.6) is 11.5 Å². The van der Waals surface area contributed by atoms with Crippen LogP contribution in [0, 0.1) is 29.1 Å². The molecule has 12 heteroatoms. The predicted octanol–water partition coefficient (Wildman–Crippen LogP) is 6.97. The molecule has 3 fully saturated rings. The number of hydrogen-bond donors (Lipinski definition) is 2. The van der Waals surface area contributed by atoms with Crippen LogP contribution in [0.2, 0.25) is 0 Å². The first kappa shape index (κ1) is 42.9. The smallest absolute Gasteiger partial charge is 0.254 e. The maximum absolute atomic E-state index is 14.9. The predicted molar refractivity (Wildman–Crippen MR) is 224 cm³/mol. The van der Waals surface area contributed by atoms with Crippen LogP contribution in [-0.4, -0.2) is 109 Å². The molecule has 12 nitrogen and oxygen atoms in total. The van der Waals surface area contributed by atoms with Crippen LogP contribution in [-0.2, 0) is 14.3 Å². The molecule has 0 aromatic heterocycles. The zero-order valence-electron chi connectivity index (χ0n) is 34.6. The first-order valence-corrected chi connectivity index (χ1v) is 22.0. The maximum Gasteiger partial charge on any atom is 0.254 e. The minimum absolute atomic E-state index is 0.104. The van der Waals surface area contributed by atoms with Crippen molar-refractivity contribution < 1.29 is 38.8 Å². The molecule has 2 N–H and O–H groups in total. The van der Waals surface area contributed by atoms with Crippen molar-refractivity contribution >= 4 is 11.6 Å². The van der Waals surface area contributed by atoms with Crippen LogP contribution in [0.25, 0.3) is 0 Å². The van der Waals surface area contributed by atoms with E-state index in [0.29, 0.717) is 62.3 Å². The number of carbonyl (C=O) groups excluding carboxylic acids is 1. The van der Waals surface area contributed by atoms with Gasteiger partial charge in [0.25, 0.3) is 5.91 Å². The number of fused-ring (bicyclic) bond motifs is 2. The van der Waals surface area contributed by atoms with E-state index in [1.54, 1.807) is 30.3 Å². The first-order valence-electron chi connectivity index (χ1n) is 22.0. The van der Waals surface area contributed by atoms with Gasteiger partial charge in [-0.3, -0.25) is 9.69 Å². The van der Waals surface area contributed by atoms with E-state index in [-0.39, 0.29) is 43.5 Å². The molecule has 5 aliphatic rings. The van der Waals surface area contributed by atoms with Gasteiger partial charge < -0.3 is 38.9 Å². The van der Waals surface area contributed by atoms with Crippen molar-refractivity contribution in [3.63, 3.8) is 0 Å². The summed E-state index contributed by atoms with van der Waals surface area (Å²) in [6.45, 7) is 11.2. The van der Waals surface area contributed by atoms with Crippen molar-refractivity contribution in [1.82, 2.24) is 9.80 Å². The first-order chi connectivity index (χ1) is 28.9. The van der Waals surface area contributed by atoms with Gasteiger partial charge in [0.2, 0.25) is 12.1 Å². The number of aliphatic hydroxyl groups is 2. The Morgan fingerprint density at radius 1 is 1.10 bits per heavy atom. The van der Waals surface area contributed by atoms with Gasteiger partial charge in [-0.05, 0) is 105 Å². The SMILES string of the molecule is C=CCOC12Oc3ccc(OCCN4CC4)cc3C3C(CCCCO)C(CCCCO)C=C(C(=NOC4CCCCO4)CC1N(CCC)C(=O)c1ccc(C#N)cc1)C32. The highest BCUT2D eigenvalue weighted by molar-refractivity contribution is 6.03. The Labute approximate surface area is 349 Å². The van der Waals surface area contributed by atoms with Crippen LogP contribution >= 0.6 is 0 Å². The molecule has 7 atom stereocenters. The standard InChI is InChI=1S/C47H62N4O8/c1-3-20-51(46(54)34-16-14-33(32-48)15-17-34)42-31-40(49-59-43-13-7-10-27-56-43)38-29-35(11-5-8-24-52)37(12-6-9-25-53)44-39-30-36(55-28-23-50-21-22-50)18-19-41(39)58-47(42,45(38)44)57-26-4-2/h4,14-19,29-30,35,37,42-45,52-53H,2-3,5-13,20-28,31H2,1H3. The fourth-order valence-electron chi connectivity index (χ4n) is 9.73. The monoisotopic (exact) mass is 810 g/mol. The van der Waals surface area contributed by atoms with Crippen molar-refractivity contribution in [3.8, 4) is 17.6 Å². The summed E-state index contributed by atoms with van der Waals surface area (Å²) < 4.78 is 26.9. The average molecular weight is 811 g/mol. The number of oxime groups is 1. The van der Waals surface area contributed by atoms with Crippen molar-refractivity contribution in [2.24, 2.45) is 22.9 Å². The molecule has 2 aromatic carbocycles. The lowest BCUT2D eigenvalue weighted by molar-refractivity contribution is -0.254. The molecule has 0 radical (unpaired) electrons. The number of rotatable bonds is 21. The van der Waals surface area contributed by atoms with Crippen LogP contribution in [0.1, 0.15) is 105 Å². The van der Waals surface area contributed by atoms with Gasteiger partial charge in [0, 0.05) is 69.3 Å². The Bertz CT molecular complexity index is 1830. The second-order valence-corrected chi connectivity index (χ2v) is 16.6. The van der Waals surface area contributed by atoms with Gasteiger partial charge in [0.1, 0.15) is 24.1 Å². The van der Waals surface area contributed by atoms with Crippen molar-refractivity contribution in [2.45, 2.75) is 102 Å². The van der Waals surface area contributed by atoms with E-state index < -0.39 is 24.0 Å². The largest absolute Gasteiger partial charge is 0.492 e. The molecule has 2 saturated heterocycles. The fourth-order valence-corrected chi connectivity index (χ4v) is 9.73. The third-order valence-corrected chi connectivity index (χ3v) is 12.6. The lowest BCUT2D eigenvalue weighted by Gasteiger charge is -2.60. The summed E-state index contributed by atoms with van der Waals surface area (Å²) in [7, 11) is 0. The van der Waals surface area contributed by atoms with E-state index in [9.17, 15) is 20.3 Å². The number of unbranched alkanes of at least 4 members (excludes halogenated alkanes) is 2. The van der Waals surface area contributed by atoms with Crippen LogP contribution in [0.3, 0.4) is 0 Å². The van der Waals surface area contributed by atoms with Gasteiger partial charge in [-0.2, -0.15) is 5.26 Å². The number of aliphatic hydroxyl groups excluding tert-OH is 2. The second-order valence-electron chi connectivity index (χ2n) is 16.6. The Hall–Kier alpha value is -4.25. The molecule has 2 aliphatic carbocycles. The van der Waals surface area contributed by atoms with E-state index in [0.717, 1.165) is 87.2 Å². The molecular weight excluding hydrogens is 749 g/mol. The third-order valence-electron chi connectivity index (χ3n) is 12.6. The summed E-state index contributed by atoms with van der Waals surface area (Å²) in [5, 5.41) is 34.3. The van der Waals surface area contributed by atoms with Gasteiger partial charge in [-0.15, -0.1) is 6.58 Å². The molecule has 59 heavy (non-hydrogen) atoms. The molecule has 3 aliphatic heterocycles. The molecule has 7 unspecified atom stereocenters. The number of amides is 1. The third kappa shape index (κ3) is 9.71. The van der Waals surface area contributed by atoms with E-state index in [4.69, 9.17) is 28.9 Å².